The Kier molecular flexibility index (Phi) is 1.89. The lowest BCUT2D eigenvalue weighted by molar-refractivity contribution is 0.0209. The first-order chi connectivity index (χ1) is 6.14. The maximum Gasteiger partial charge on any atom is 0.0582 e. The van der Waals surface area contributed by atoms with E-state index in [0.717, 1.165) is 12.1 Å². The molecule has 3 N–H and O–H groups in total. The van der Waals surface area contributed by atoms with Crippen molar-refractivity contribution in [3.8, 4) is 0 Å². The van der Waals surface area contributed by atoms with Gasteiger partial charge in [0.15, 0.2) is 0 Å². The van der Waals surface area contributed by atoms with Crippen LogP contribution >= 0.6 is 0 Å². The standard InChI is InChI=1S/C9H15N3O/c1-2-12-6-7(5-11-12)9(10)3-8(13)4-9/h5-6,8,13H,2-4,10H2,1H3. The Labute approximate surface area is 77.4 Å². The van der Waals surface area contributed by atoms with Crippen LogP contribution in [0.15, 0.2) is 12.4 Å². The Bertz CT molecular complexity index is 302. The highest BCUT2D eigenvalue weighted by Crippen LogP contribution is 2.38. The number of aromatic nitrogens is 2. The molecule has 0 radical (unpaired) electrons. The maximum atomic E-state index is 9.20. The van der Waals surface area contributed by atoms with Gasteiger partial charge >= 0.3 is 0 Å². The number of rotatable bonds is 2. The van der Waals surface area contributed by atoms with Crippen molar-refractivity contribution >= 4 is 0 Å². The first kappa shape index (κ1) is 8.72. The van der Waals surface area contributed by atoms with Crippen LogP contribution in [-0.2, 0) is 12.1 Å². The molecular formula is C9H15N3O. The van der Waals surface area contributed by atoms with Crippen LogP contribution in [0.3, 0.4) is 0 Å². The molecule has 1 heterocycles. The number of aliphatic hydroxyl groups excluding tert-OH is 1. The number of aryl methyl sites for hydroxylation is 1. The number of nitrogens with two attached hydrogens (primary N) is 1. The third-order valence-electron chi connectivity index (χ3n) is 2.73. The second-order valence-corrected chi connectivity index (χ2v) is 3.80. The van der Waals surface area contributed by atoms with Crippen molar-refractivity contribution in [2.75, 3.05) is 0 Å². The summed E-state index contributed by atoms with van der Waals surface area (Å²) in [6, 6.07) is 0. The van der Waals surface area contributed by atoms with Crippen LogP contribution in [0.25, 0.3) is 0 Å². The van der Waals surface area contributed by atoms with Crippen LogP contribution in [0.4, 0.5) is 0 Å². The van der Waals surface area contributed by atoms with Gasteiger partial charge in [0.1, 0.15) is 0 Å². The lowest BCUT2D eigenvalue weighted by atomic mass is 9.72. The fourth-order valence-corrected chi connectivity index (χ4v) is 1.81. The topological polar surface area (TPSA) is 64.1 Å². The largest absolute Gasteiger partial charge is 0.393 e. The van der Waals surface area contributed by atoms with Crippen LogP contribution in [-0.4, -0.2) is 21.0 Å². The maximum absolute atomic E-state index is 9.20. The summed E-state index contributed by atoms with van der Waals surface area (Å²) in [6.07, 6.45) is 4.85. The van der Waals surface area contributed by atoms with Crippen molar-refractivity contribution in [2.24, 2.45) is 5.73 Å². The van der Waals surface area contributed by atoms with E-state index < -0.39 is 0 Å². The van der Waals surface area contributed by atoms with E-state index in [-0.39, 0.29) is 11.6 Å². The Morgan fingerprint density at radius 2 is 2.46 bits per heavy atom. The van der Waals surface area contributed by atoms with Crippen LogP contribution in [0.1, 0.15) is 25.3 Å². The Morgan fingerprint density at radius 1 is 1.77 bits per heavy atom. The fourth-order valence-electron chi connectivity index (χ4n) is 1.81. The van der Waals surface area contributed by atoms with Crippen LogP contribution in [0, 0.1) is 0 Å². The summed E-state index contributed by atoms with van der Waals surface area (Å²) in [6.45, 7) is 2.90. The Balaban J connectivity index is 2.16. The van der Waals surface area contributed by atoms with E-state index in [1.165, 1.54) is 0 Å². The number of hydrogen-bond donors (Lipinski definition) is 2. The minimum Gasteiger partial charge on any atom is -0.393 e. The molecule has 13 heavy (non-hydrogen) atoms. The highest BCUT2D eigenvalue weighted by molar-refractivity contribution is 5.22. The lowest BCUT2D eigenvalue weighted by Crippen LogP contribution is -2.51. The number of nitrogens with zero attached hydrogens (tertiary/aromatic N) is 2. The molecule has 0 bridgehead atoms. The van der Waals surface area contributed by atoms with Gasteiger partial charge < -0.3 is 10.8 Å². The zero-order valence-corrected chi connectivity index (χ0v) is 7.77. The molecule has 0 amide bonds. The van der Waals surface area contributed by atoms with Gasteiger partial charge in [0.25, 0.3) is 0 Å². The molecule has 0 saturated heterocycles. The van der Waals surface area contributed by atoms with E-state index in [1.807, 2.05) is 17.8 Å². The first-order valence-corrected chi connectivity index (χ1v) is 4.64. The summed E-state index contributed by atoms with van der Waals surface area (Å²) in [5.41, 5.74) is 6.78. The molecule has 0 spiro atoms. The normalized spacial score (nSPS) is 33.0. The molecule has 1 fully saturated rings. The molecule has 0 aliphatic heterocycles. The van der Waals surface area contributed by atoms with E-state index in [1.54, 1.807) is 6.20 Å². The van der Waals surface area contributed by atoms with E-state index in [9.17, 15) is 5.11 Å². The number of hydrogen-bond acceptors (Lipinski definition) is 3. The summed E-state index contributed by atoms with van der Waals surface area (Å²) >= 11 is 0. The van der Waals surface area contributed by atoms with Gasteiger partial charge in [0, 0.05) is 23.8 Å². The van der Waals surface area contributed by atoms with Crippen LogP contribution < -0.4 is 5.73 Å². The van der Waals surface area contributed by atoms with Crippen molar-refractivity contribution < 1.29 is 5.11 Å². The molecule has 0 aromatic carbocycles. The summed E-state index contributed by atoms with van der Waals surface area (Å²) in [5.74, 6) is 0. The molecule has 0 unspecified atom stereocenters. The summed E-state index contributed by atoms with van der Waals surface area (Å²) in [4.78, 5) is 0. The van der Waals surface area contributed by atoms with Crippen molar-refractivity contribution in [1.82, 2.24) is 9.78 Å². The fraction of sp³-hybridized carbons (Fsp3) is 0.667. The summed E-state index contributed by atoms with van der Waals surface area (Å²) in [7, 11) is 0. The molecule has 1 aromatic heterocycles. The zero-order chi connectivity index (χ0) is 9.47. The molecular weight excluding hydrogens is 166 g/mol. The predicted octanol–water partition coefficient (Wildman–Crippen LogP) is 0.212. The van der Waals surface area contributed by atoms with Crippen molar-refractivity contribution in [2.45, 2.75) is 38.0 Å². The first-order valence-electron chi connectivity index (χ1n) is 4.64. The Hall–Kier alpha value is -0.870. The average Bonchev–Trinajstić information content (AvgIpc) is 2.49. The van der Waals surface area contributed by atoms with E-state index >= 15 is 0 Å². The molecule has 4 nitrogen and oxygen atoms in total. The summed E-state index contributed by atoms with van der Waals surface area (Å²) in [5, 5.41) is 13.4. The van der Waals surface area contributed by atoms with Gasteiger partial charge in [-0.3, -0.25) is 4.68 Å². The van der Waals surface area contributed by atoms with Crippen LogP contribution in [0.5, 0.6) is 0 Å². The molecule has 1 aliphatic carbocycles. The van der Waals surface area contributed by atoms with Gasteiger partial charge in [0.05, 0.1) is 12.3 Å². The number of aliphatic hydroxyl groups is 1. The molecule has 1 aromatic rings. The van der Waals surface area contributed by atoms with E-state index in [2.05, 4.69) is 5.10 Å². The SMILES string of the molecule is CCn1cc(C2(N)CC(O)C2)cn1. The predicted molar refractivity (Wildman–Crippen MR) is 49.0 cm³/mol. The smallest absolute Gasteiger partial charge is 0.0582 e. The van der Waals surface area contributed by atoms with Gasteiger partial charge in [-0.15, -0.1) is 0 Å². The third kappa shape index (κ3) is 1.36. The minimum atomic E-state index is -0.327. The van der Waals surface area contributed by atoms with Gasteiger partial charge in [-0.05, 0) is 19.8 Å². The molecule has 2 rings (SSSR count). The molecule has 1 aliphatic rings. The van der Waals surface area contributed by atoms with E-state index in [0.29, 0.717) is 12.8 Å². The van der Waals surface area contributed by atoms with Crippen molar-refractivity contribution in [1.29, 1.82) is 0 Å². The highest BCUT2D eigenvalue weighted by atomic mass is 16.3. The van der Waals surface area contributed by atoms with Gasteiger partial charge in [-0.2, -0.15) is 5.10 Å². The van der Waals surface area contributed by atoms with Gasteiger partial charge in [0.2, 0.25) is 0 Å². The quantitative estimate of drug-likeness (QED) is 0.685. The Morgan fingerprint density at radius 3 is 2.92 bits per heavy atom. The van der Waals surface area contributed by atoms with E-state index in [4.69, 9.17) is 5.73 Å². The monoisotopic (exact) mass is 181 g/mol. The highest BCUT2D eigenvalue weighted by Gasteiger charge is 2.42. The van der Waals surface area contributed by atoms with Gasteiger partial charge in [-0.1, -0.05) is 0 Å². The van der Waals surface area contributed by atoms with Crippen molar-refractivity contribution in [3.63, 3.8) is 0 Å². The second kappa shape index (κ2) is 2.82. The minimum absolute atomic E-state index is 0.227. The second-order valence-electron chi connectivity index (χ2n) is 3.80. The molecule has 4 heteroatoms. The summed E-state index contributed by atoms with van der Waals surface area (Å²) < 4.78 is 1.86. The average molecular weight is 181 g/mol. The third-order valence-corrected chi connectivity index (χ3v) is 2.73. The van der Waals surface area contributed by atoms with Crippen molar-refractivity contribution in [3.05, 3.63) is 18.0 Å². The zero-order valence-electron chi connectivity index (χ0n) is 7.77. The lowest BCUT2D eigenvalue weighted by Gasteiger charge is -2.41. The molecule has 72 valence electrons. The molecule has 1 saturated carbocycles. The molecule has 0 atom stereocenters. The van der Waals surface area contributed by atoms with Gasteiger partial charge in [-0.25, -0.2) is 0 Å². The van der Waals surface area contributed by atoms with Crippen LogP contribution in [0.2, 0.25) is 0 Å².